The third-order valence-electron chi connectivity index (χ3n) is 1.59. The molecule has 0 aliphatic carbocycles. The fourth-order valence-electron chi connectivity index (χ4n) is 1.01. The van der Waals surface area contributed by atoms with E-state index in [1.54, 1.807) is 25.1 Å². The number of hydrogen-bond acceptors (Lipinski definition) is 3. The summed E-state index contributed by atoms with van der Waals surface area (Å²) in [5.41, 5.74) is 6.17. The molecule has 0 radical (unpaired) electrons. The lowest BCUT2D eigenvalue weighted by molar-refractivity contribution is 0.219. The van der Waals surface area contributed by atoms with Crippen LogP contribution in [0, 0.1) is 0 Å². The van der Waals surface area contributed by atoms with Crippen LogP contribution in [0.5, 0.6) is 0 Å². The predicted octanol–water partition coefficient (Wildman–Crippen LogP) is 1.52. The van der Waals surface area contributed by atoms with Crippen molar-refractivity contribution in [3.8, 4) is 0 Å². The maximum atomic E-state index is 11.7. The lowest BCUT2D eigenvalue weighted by Gasteiger charge is -2.07. The zero-order valence-electron chi connectivity index (χ0n) is 7.74. The van der Waals surface area contributed by atoms with Crippen molar-refractivity contribution in [1.82, 2.24) is 0 Å². The van der Waals surface area contributed by atoms with E-state index in [0.717, 1.165) is 4.47 Å². The average molecular weight is 278 g/mol. The predicted molar refractivity (Wildman–Crippen MR) is 61.5 cm³/mol. The molecule has 5 heteroatoms. The molecule has 0 spiro atoms. The first-order chi connectivity index (χ1) is 6.50. The number of benzene rings is 1. The van der Waals surface area contributed by atoms with Crippen LogP contribution in [0.3, 0.4) is 0 Å². The summed E-state index contributed by atoms with van der Waals surface area (Å²) in [6, 6.07) is 5.10. The van der Waals surface area contributed by atoms with E-state index in [1.807, 2.05) is 0 Å². The second-order valence-electron chi connectivity index (χ2n) is 3.05. The van der Waals surface area contributed by atoms with Gasteiger partial charge in [0.2, 0.25) is 0 Å². The Balaban J connectivity index is 2.90. The first-order valence-corrected chi connectivity index (χ1v) is 6.23. The summed E-state index contributed by atoms with van der Waals surface area (Å²) in [6.45, 7) is 1.61. The number of hydrogen-bond donors (Lipinski definition) is 2. The Labute approximate surface area is 93.9 Å². The minimum absolute atomic E-state index is 0.239. The number of nitrogen functional groups attached to an aromatic ring is 1. The van der Waals surface area contributed by atoms with Gasteiger partial charge in [-0.15, -0.1) is 0 Å². The van der Waals surface area contributed by atoms with Crippen molar-refractivity contribution in [2.24, 2.45) is 0 Å². The molecule has 78 valence electrons. The smallest absolute Gasteiger partial charge is 0.0630 e. The first-order valence-electron chi connectivity index (χ1n) is 4.12. The molecule has 14 heavy (non-hydrogen) atoms. The van der Waals surface area contributed by atoms with E-state index in [0.29, 0.717) is 10.6 Å². The Morgan fingerprint density at radius 3 is 2.79 bits per heavy atom. The molecule has 0 aromatic heterocycles. The summed E-state index contributed by atoms with van der Waals surface area (Å²) in [5.74, 6) is 0.239. The molecule has 3 N–H and O–H groups in total. The van der Waals surface area contributed by atoms with Crippen LogP contribution < -0.4 is 5.73 Å². The zero-order valence-corrected chi connectivity index (χ0v) is 10.1. The third kappa shape index (κ3) is 3.08. The molecule has 1 rings (SSSR count). The molecular weight excluding hydrogens is 266 g/mol. The topological polar surface area (TPSA) is 63.3 Å². The molecule has 0 heterocycles. The van der Waals surface area contributed by atoms with Crippen molar-refractivity contribution in [2.75, 3.05) is 11.5 Å². The Kier molecular flexibility index (Phi) is 4.10. The largest absolute Gasteiger partial charge is 0.399 e. The zero-order chi connectivity index (χ0) is 10.7. The van der Waals surface area contributed by atoms with Crippen LogP contribution in [0.15, 0.2) is 27.6 Å². The van der Waals surface area contributed by atoms with E-state index in [2.05, 4.69) is 15.9 Å². The van der Waals surface area contributed by atoms with Gasteiger partial charge in [-0.3, -0.25) is 4.21 Å². The van der Waals surface area contributed by atoms with Gasteiger partial charge in [0, 0.05) is 10.2 Å². The van der Waals surface area contributed by atoms with Gasteiger partial charge in [-0.25, -0.2) is 0 Å². The van der Waals surface area contributed by atoms with Gasteiger partial charge < -0.3 is 10.8 Å². The van der Waals surface area contributed by atoms with Gasteiger partial charge >= 0.3 is 0 Å². The average Bonchev–Trinajstić information content (AvgIpc) is 2.01. The van der Waals surface area contributed by atoms with Crippen LogP contribution in [-0.2, 0) is 10.8 Å². The van der Waals surface area contributed by atoms with Gasteiger partial charge in [-0.1, -0.05) is 0 Å². The van der Waals surface area contributed by atoms with Crippen LogP contribution in [-0.4, -0.2) is 21.2 Å². The van der Waals surface area contributed by atoms with Gasteiger partial charge in [0.1, 0.15) is 0 Å². The molecular formula is C9H12BrNO2S. The third-order valence-corrected chi connectivity index (χ3v) is 4.14. The minimum Gasteiger partial charge on any atom is -0.399 e. The van der Waals surface area contributed by atoms with Gasteiger partial charge in [-0.2, -0.15) is 0 Å². The molecule has 0 aliphatic rings. The van der Waals surface area contributed by atoms with Crippen LogP contribution in [0.25, 0.3) is 0 Å². The summed E-state index contributed by atoms with van der Waals surface area (Å²) in [7, 11) is -1.19. The van der Waals surface area contributed by atoms with E-state index in [9.17, 15) is 4.21 Å². The Bertz CT molecular complexity index is 355. The molecule has 0 fully saturated rings. The van der Waals surface area contributed by atoms with E-state index >= 15 is 0 Å². The minimum atomic E-state index is -1.19. The quantitative estimate of drug-likeness (QED) is 0.824. The van der Waals surface area contributed by atoms with Gasteiger partial charge in [0.25, 0.3) is 0 Å². The molecule has 0 amide bonds. The number of halogens is 1. The summed E-state index contributed by atoms with van der Waals surface area (Å²) in [4.78, 5) is 0.667. The fourth-order valence-corrected chi connectivity index (χ4v) is 3.06. The van der Waals surface area contributed by atoms with Crippen LogP contribution in [0.1, 0.15) is 6.92 Å². The second kappa shape index (κ2) is 4.91. The van der Waals surface area contributed by atoms with E-state index < -0.39 is 16.9 Å². The lowest BCUT2D eigenvalue weighted by Crippen LogP contribution is -2.12. The number of rotatable bonds is 3. The SMILES string of the molecule is CC(O)CS(=O)c1ccc(N)cc1Br. The summed E-state index contributed by atoms with van der Waals surface area (Å²) in [5, 5.41) is 9.10. The molecule has 2 atom stereocenters. The van der Waals surface area contributed by atoms with E-state index in [-0.39, 0.29) is 5.75 Å². The molecule has 0 bridgehead atoms. The Morgan fingerprint density at radius 2 is 2.29 bits per heavy atom. The highest BCUT2D eigenvalue weighted by molar-refractivity contribution is 9.10. The molecule has 0 aliphatic heterocycles. The van der Waals surface area contributed by atoms with Crippen LogP contribution in [0.4, 0.5) is 5.69 Å². The molecule has 0 saturated heterocycles. The van der Waals surface area contributed by atoms with E-state index in [1.165, 1.54) is 0 Å². The first kappa shape index (κ1) is 11.7. The number of anilines is 1. The maximum Gasteiger partial charge on any atom is 0.0630 e. The van der Waals surface area contributed by atoms with Crippen molar-refractivity contribution in [3.05, 3.63) is 22.7 Å². The molecule has 2 unspecified atom stereocenters. The molecule has 1 aromatic carbocycles. The molecule has 3 nitrogen and oxygen atoms in total. The number of aliphatic hydroxyl groups excluding tert-OH is 1. The second-order valence-corrected chi connectivity index (χ2v) is 5.37. The van der Waals surface area contributed by atoms with Crippen molar-refractivity contribution in [1.29, 1.82) is 0 Å². The Hall–Kier alpha value is -0.390. The highest BCUT2D eigenvalue weighted by Crippen LogP contribution is 2.23. The molecule has 0 saturated carbocycles. The van der Waals surface area contributed by atoms with Gasteiger partial charge in [0.05, 0.1) is 27.6 Å². The maximum absolute atomic E-state index is 11.7. The van der Waals surface area contributed by atoms with Crippen LogP contribution in [0.2, 0.25) is 0 Å². The molecule has 1 aromatic rings. The lowest BCUT2D eigenvalue weighted by atomic mass is 10.3. The van der Waals surface area contributed by atoms with E-state index in [4.69, 9.17) is 10.8 Å². The van der Waals surface area contributed by atoms with Crippen molar-refractivity contribution in [3.63, 3.8) is 0 Å². The number of nitrogens with two attached hydrogens (primary N) is 1. The van der Waals surface area contributed by atoms with Crippen molar-refractivity contribution >= 4 is 32.4 Å². The monoisotopic (exact) mass is 277 g/mol. The van der Waals surface area contributed by atoms with Crippen LogP contribution >= 0.6 is 15.9 Å². The normalized spacial score (nSPS) is 15.1. The summed E-state index contributed by atoms with van der Waals surface area (Å²) >= 11 is 3.28. The van der Waals surface area contributed by atoms with Crippen molar-refractivity contribution in [2.45, 2.75) is 17.9 Å². The standard InChI is InChI=1S/C9H12BrNO2S/c1-6(12)5-14(13)9-3-2-7(11)4-8(9)10/h2-4,6,12H,5,11H2,1H3. The highest BCUT2D eigenvalue weighted by atomic mass is 79.9. The summed E-state index contributed by atoms with van der Waals surface area (Å²) in [6.07, 6.45) is -0.569. The van der Waals surface area contributed by atoms with Crippen molar-refractivity contribution < 1.29 is 9.32 Å². The fraction of sp³-hybridized carbons (Fsp3) is 0.333. The number of aliphatic hydroxyl groups is 1. The Morgan fingerprint density at radius 1 is 1.64 bits per heavy atom. The summed E-state index contributed by atoms with van der Waals surface area (Å²) < 4.78 is 12.4. The van der Waals surface area contributed by atoms with Gasteiger partial charge in [0.15, 0.2) is 0 Å². The highest BCUT2D eigenvalue weighted by Gasteiger charge is 2.10. The van der Waals surface area contributed by atoms with Gasteiger partial charge in [-0.05, 0) is 41.1 Å².